The molecule has 0 radical (unpaired) electrons. The zero-order valence-electron chi connectivity index (χ0n) is 11.3. The molecular formula is C16H16N2O2. The molecular weight excluding hydrogens is 252 g/mol. The molecule has 102 valence electrons. The molecule has 0 spiro atoms. The van der Waals surface area contributed by atoms with E-state index >= 15 is 0 Å². The molecule has 0 aliphatic carbocycles. The van der Waals surface area contributed by atoms with Crippen LogP contribution in [0.2, 0.25) is 0 Å². The summed E-state index contributed by atoms with van der Waals surface area (Å²) in [6.45, 7) is 0. The normalized spacial score (nSPS) is 10.8. The highest BCUT2D eigenvalue weighted by molar-refractivity contribution is 5.84. The molecule has 1 aromatic heterocycles. The molecule has 0 fully saturated rings. The summed E-state index contributed by atoms with van der Waals surface area (Å²) < 4.78 is 10.8. The number of nitrogen functional groups attached to an aromatic ring is 1. The van der Waals surface area contributed by atoms with Gasteiger partial charge in [0.25, 0.3) is 0 Å². The Kier molecular flexibility index (Phi) is 3.29. The van der Waals surface area contributed by atoms with Crippen LogP contribution in [0.3, 0.4) is 0 Å². The Morgan fingerprint density at radius 3 is 2.60 bits per heavy atom. The molecule has 3 rings (SSSR count). The van der Waals surface area contributed by atoms with E-state index in [1.54, 1.807) is 7.11 Å². The fourth-order valence-electron chi connectivity index (χ4n) is 2.17. The third kappa shape index (κ3) is 2.45. The van der Waals surface area contributed by atoms with Gasteiger partial charge in [0.1, 0.15) is 11.3 Å². The van der Waals surface area contributed by atoms with Gasteiger partial charge in [-0.25, -0.2) is 4.98 Å². The summed E-state index contributed by atoms with van der Waals surface area (Å²) >= 11 is 0. The summed E-state index contributed by atoms with van der Waals surface area (Å²) in [6, 6.07) is 13.6. The van der Waals surface area contributed by atoms with E-state index < -0.39 is 0 Å². The first kappa shape index (κ1) is 12.5. The maximum Gasteiger partial charge on any atom is 0.195 e. The summed E-state index contributed by atoms with van der Waals surface area (Å²) in [6.07, 6.45) is 1.62. The number of oxazole rings is 1. The van der Waals surface area contributed by atoms with E-state index in [1.165, 1.54) is 5.56 Å². The van der Waals surface area contributed by atoms with Crippen LogP contribution >= 0.6 is 0 Å². The lowest BCUT2D eigenvalue weighted by Crippen LogP contribution is -1.91. The van der Waals surface area contributed by atoms with E-state index in [4.69, 9.17) is 14.9 Å². The first-order valence-electron chi connectivity index (χ1n) is 6.53. The molecule has 0 saturated heterocycles. The van der Waals surface area contributed by atoms with E-state index in [0.717, 1.165) is 24.1 Å². The summed E-state index contributed by atoms with van der Waals surface area (Å²) in [7, 11) is 1.66. The maximum atomic E-state index is 5.86. The molecule has 0 aliphatic rings. The lowest BCUT2D eigenvalue weighted by molar-refractivity contribution is 0.414. The first-order chi connectivity index (χ1) is 9.76. The number of anilines is 1. The van der Waals surface area contributed by atoms with Gasteiger partial charge in [-0.15, -0.1) is 0 Å². The molecule has 0 aliphatic heterocycles. The van der Waals surface area contributed by atoms with Crippen molar-refractivity contribution in [3.63, 3.8) is 0 Å². The van der Waals surface area contributed by atoms with Crippen molar-refractivity contribution in [3.05, 3.63) is 53.9 Å². The average Bonchev–Trinajstić information content (AvgIpc) is 2.90. The molecule has 0 amide bonds. The van der Waals surface area contributed by atoms with Crippen LogP contribution in [0.1, 0.15) is 11.5 Å². The number of nitrogens with two attached hydrogens (primary N) is 1. The third-order valence-electron chi connectivity index (χ3n) is 3.28. The first-order valence-corrected chi connectivity index (χ1v) is 6.53. The molecule has 4 nitrogen and oxygen atoms in total. The van der Waals surface area contributed by atoms with Gasteiger partial charge in [0, 0.05) is 6.42 Å². The van der Waals surface area contributed by atoms with E-state index in [9.17, 15) is 0 Å². The van der Waals surface area contributed by atoms with Crippen LogP contribution in [-0.2, 0) is 12.8 Å². The molecule has 1 heterocycles. The second-order valence-corrected chi connectivity index (χ2v) is 4.65. The van der Waals surface area contributed by atoms with Crippen molar-refractivity contribution in [2.24, 2.45) is 0 Å². The Morgan fingerprint density at radius 2 is 1.90 bits per heavy atom. The minimum atomic E-state index is 0.630. The number of nitrogens with zero attached hydrogens (tertiary/aromatic N) is 1. The van der Waals surface area contributed by atoms with Gasteiger partial charge in [-0.05, 0) is 36.2 Å². The minimum Gasteiger partial charge on any atom is -0.497 e. The number of hydrogen-bond donors (Lipinski definition) is 1. The highest BCUT2D eigenvalue weighted by atomic mass is 16.5. The van der Waals surface area contributed by atoms with Gasteiger partial charge in [-0.1, -0.05) is 18.2 Å². The number of fused-ring (bicyclic) bond motifs is 1. The molecule has 0 unspecified atom stereocenters. The van der Waals surface area contributed by atoms with Crippen molar-refractivity contribution < 1.29 is 9.15 Å². The number of rotatable bonds is 4. The van der Waals surface area contributed by atoms with E-state index in [0.29, 0.717) is 17.2 Å². The second-order valence-electron chi connectivity index (χ2n) is 4.65. The maximum absolute atomic E-state index is 5.86. The summed E-state index contributed by atoms with van der Waals surface area (Å²) in [5.41, 5.74) is 9.21. The number of para-hydroxylation sites is 1. The van der Waals surface area contributed by atoms with Crippen LogP contribution < -0.4 is 10.5 Å². The summed E-state index contributed by atoms with van der Waals surface area (Å²) in [4.78, 5) is 4.45. The van der Waals surface area contributed by atoms with Gasteiger partial charge in [-0.2, -0.15) is 0 Å². The molecule has 0 atom stereocenters. The zero-order valence-corrected chi connectivity index (χ0v) is 11.3. The number of ether oxygens (including phenoxy) is 1. The Bertz CT molecular complexity index is 717. The lowest BCUT2D eigenvalue weighted by atomic mass is 10.1. The third-order valence-corrected chi connectivity index (χ3v) is 3.28. The van der Waals surface area contributed by atoms with Crippen molar-refractivity contribution in [2.75, 3.05) is 12.8 Å². The molecule has 2 N–H and O–H groups in total. The predicted octanol–water partition coefficient (Wildman–Crippen LogP) is 3.20. The molecule has 0 bridgehead atoms. The van der Waals surface area contributed by atoms with Crippen LogP contribution in [-0.4, -0.2) is 12.1 Å². The number of hydrogen-bond acceptors (Lipinski definition) is 4. The fraction of sp³-hybridized carbons (Fsp3) is 0.188. The van der Waals surface area contributed by atoms with Crippen LogP contribution in [0.25, 0.3) is 11.1 Å². The van der Waals surface area contributed by atoms with E-state index in [2.05, 4.69) is 17.1 Å². The molecule has 2 aromatic carbocycles. The SMILES string of the molecule is COc1ccc(CCc2nc3cccc(N)c3o2)cc1. The van der Waals surface area contributed by atoms with Gasteiger partial charge in [0.05, 0.1) is 12.8 Å². The molecule has 4 heteroatoms. The Labute approximate surface area is 117 Å². The topological polar surface area (TPSA) is 61.3 Å². The fourth-order valence-corrected chi connectivity index (χ4v) is 2.17. The number of methoxy groups -OCH3 is 1. The van der Waals surface area contributed by atoms with Crippen LogP contribution in [0, 0.1) is 0 Å². The Balaban J connectivity index is 1.74. The molecule has 20 heavy (non-hydrogen) atoms. The number of aromatic nitrogens is 1. The second kappa shape index (κ2) is 5.25. The largest absolute Gasteiger partial charge is 0.497 e. The number of aryl methyl sites for hydroxylation is 2. The van der Waals surface area contributed by atoms with Crippen molar-refractivity contribution in [2.45, 2.75) is 12.8 Å². The highest BCUT2D eigenvalue weighted by Crippen LogP contribution is 2.22. The Hall–Kier alpha value is -2.49. The highest BCUT2D eigenvalue weighted by Gasteiger charge is 2.08. The molecule has 0 saturated carbocycles. The van der Waals surface area contributed by atoms with Crippen LogP contribution in [0.4, 0.5) is 5.69 Å². The van der Waals surface area contributed by atoms with E-state index in [1.807, 2.05) is 30.3 Å². The van der Waals surface area contributed by atoms with Crippen molar-refractivity contribution in [1.29, 1.82) is 0 Å². The smallest absolute Gasteiger partial charge is 0.195 e. The summed E-state index contributed by atoms with van der Waals surface area (Å²) in [5.74, 6) is 1.58. The van der Waals surface area contributed by atoms with Gasteiger partial charge in [0.2, 0.25) is 0 Å². The van der Waals surface area contributed by atoms with Gasteiger partial charge in [0.15, 0.2) is 11.5 Å². The van der Waals surface area contributed by atoms with Gasteiger partial charge in [-0.3, -0.25) is 0 Å². The zero-order chi connectivity index (χ0) is 13.9. The quantitative estimate of drug-likeness (QED) is 0.738. The van der Waals surface area contributed by atoms with Gasteiger partial charge < -0.3 is 14.9 Å². The van der Waals surface area contributed by atoms with Crippen molar-refractivity contribution in [3.8, 4) is 5.75 Å². The monoisotopic (exact) mass is 268 g/mol. The molecule has 3 aromatic rings. The van der Waals surface area contributed by atoms with Gasteiger partial charge >= 0.3 is 0 Å². The standard InChI is InChI=1S/C16H16N2O2/c1-19-12-8-5-11(6-9-12)7-10-15-18-14-4-2-3-13(17)16(14)20-15/h2-6,8-9H,7,10,17H2,1H3. The Morgan fingerprint density at radius 1 is 1.10 bits per heavy atom. The van der Waals surface area contributed by atoms with Crippen LogP contribution in [0.15, 0.2) is 46.9 Å². The lowest BCUT2D eigenvalue weighted by Gasteiger charge is -2.01. The van der Waals surface area contributed by atoms with Crippen molar-refractivity contribution >= 4 is 16.8 Å². The minimum absolute atomic E-state index is 0.630. The van der Waals surface area contributed by atoms with Crippen molar-refractivity contribution in [1.82, 2.24) is 4.98 Å². The number of benzene rings is 2. The van der Waals surface area contributed by atoms with Crippen LogP contribution in [0.5, 0.6) is 5.75 Å². The summed E-state index contributed by atoms with van der Waals surface area (Å²) in [5, 5.41) is 0. The average molecular weight is 268 g/mol. The van der Waals surface area contributed by atoms with E-state index in [-0.39, 0.29) is 0 Å². The predicted molar refractivity (Wildman–Crippen MR) is 78.8 cm³/mol.